The van der Waals surface area contributed by atoms with Gasteiger partial charge < -0.3 is 20.1 Å². The number of anilines is 1. The summed E-state index contributed by atoms with van der Waals surface area (Å²) in [4.78, 5) is 9.70. The van der Waals surface area contributed by atoms with Crippen molar-refractivity contribution in [3.63, 3.8) is 0 Å². The number of para-hydroxylation sites is 1. The van der Waals surface area contributed by atoms with Crippen LogP contribution >= 0.6 is 0 Å². The van der Waals surface area contributed by atoms with Crippen LogP contribution in [0.3, 0.4) is 0 Å². The molecule has 1 aromatic carbocycles. The highest BCUT2D eigenvalue weighted by atomic mass is 16.3. The first-order valence-corrected chi connectivity index (χ1v) is 12.2. The van der Waals surface area contributed by atoms with Crippen molar-refractivity contribution in [2.75, 3.05) is 57.5 Å². The number of aliphatic imine (C=N–C) groups is 1. The largest absolute Gasteiger partial charge is 0.469 e. The van der Waals surface area contributed by atoms with Gasteiger partial charge in [-0.25, -0.2) is 0 Å². The average molecular weight is 462 g/mol. The van der Waals surface area contributed by atoms with E-state index in [1.807, 2.05) is 12.3 Å². The van der Waals surface area contributed by atoms with Crippen LogP contribution in [-0.2, 0) is 6.42 Å². The Hall–Kier alpha value is -2.89. The van der Waals surface area contributed by atoms with Crippen LogP contribution in [0.1, 0.15) is 17.2 Å². The number of nitrogens with zero attached hydrogens (tertiary/aromatic N) is 7. The minimum atomic E-state index is -0.511. The fraction of sp³-hybridized carbons (Fsp3) is 0.458. The molecule has 2 atom stereocenters. The molecular weight excluding hydrogens is 430 g/mol. The lowest BCUT2D eigenvalue weighted by Gasteiger charge is -2.55. The predicted octanol–water partition coefficient (Wildman–Crippen LogP) is 0.983. The predicted molar refractivity (Wildman–Crippen MR) is 129 cm³/mol. The van der Waals surface area contributed by atoms with Crippen molar-refractivity contribution in [3.8, 4) is 0 Å². The maximum Gasteiger partial charge on any atom is 0.197 e. The van der Waals surface area contributed by atoms with Gasteiger partial charge in [-0.3, -0.25) is 14.9 Å². The minimum Gasteiger partial charge on any atom is -0.469 e. The standard InChI is InChI=1S/C24H31N9O/c1-2-6-22-20(5-1)8-13-30(22)33-24(28-14-10-25-18-28,29-15-11-26-19-29)21(23-7-3-16-34-23)17-32(33)31-12-4-9-27-31/h1-7,9,16,18,21,26-27H,8,10-15,17,19H2. The first kappa shape index (κ1) is 20.5. The maximum absolute atomic E-state index is 6.14. The van der Waals surface area contributed by atoms with Gasteiger partial charge in [0.05, 0.1) is 44.0 Å². The number of nitrogens with one attached hydrogen (secondary N) is 2. The molecular formula is C24H31N9O. The summed E-state index contributed by atoms with van der Waals surface area (Å²) in [5, 5.41) is 13.1. The van der Waals surface area contributed by atoms with Gasteiger partial charge in [0, 0.05) is 38.9 Å². The van der Waals surface area contributed by atoms with E-state index >= 15 is 0 Å². The number of rotatable bonds is 5. The van der Waals surface area contributed by atoms with Gasteiger partial charge in [0.15, 0.2) is 5.79 Å². The second-order valence-electron chi connectivity index (χ2n) is 9.35. The molecule has 0 amide bonds. The number of hydrogen-bond acceptors (Lipinski definition) is 10. The Morgan fingerprint density at radius 3 is 2.82 bits per heavy atom. The summed E-state index contributed by atoms with van der Waals surface area (Å²) in [7, 11) is 0. The van der Waals surface area contributed by atoms with Crippen LogP contribution in [0.2, 0.25) is 0 Å². The second kappa shape index (κ2) is 8.10. The molecule has 1 aromatic heterocycles. The summed E-state index contributed by atoms with van der Waals surface area (Å²) in [5.74, 6) is 0.560. The van der Waals surface area contributed by atoms with Crippen molar-refractivity contribution in [3.05, 3.63) is 66.3 Å². The Morgan fingerprint density at radius 1 is 1.09 bits per heavy atom. The Kier molecular flexibility index (Phi) is 4.88. The van der Waals surface area contributed by atoms with E-state index in [4.69, 9.17) is 4.42 Å². The molecule has 5 aliphatic heterocycles. The minimum absolute atomic E-state index is 0.0714. The summed E-state index contributed by atoms with van der Waals surface area (Å²) >= 11 is 0. The highest BCUT2D eigenvalue weighted by Gasteiger charge is 2.65. The lowest BCUT2D eigenvalue weighted by molar-refractivity contribution is -0.258. The molecule has 34 heavy (non-hydrogen) atoms. The second-order valence-corrected chi connectivity index (χ2v) is 9.35. The Balaban J connectivity index is 1.44. The van der Waals surface area contributed by atoms with E-state index in [0.717, 1.165) is 64.7 Å². The maximum atomic E-state index is 6.14. The molecule has 178 valence electrons. The molecule has 10 nitrogen and oxygen atoms in total. The number of fused-ring (bicyclic) bond motifs is 1. The van der Waals surface area contributed by atoms with Gasteiger partial charge in [0.2, 0.25) is 0 Å². The molecule has 0 radical (unpaired) electrons. The van der Waals surface area contributed by atoms with Crippen LogP contribution in [0.15, 0.2) is 64.3 Å². The number of hydrazine groups is 4. The van der Waals surface area contributed by atoms with Crippen LogP contribution < -0.4 is 15.8 Å². The SMILES string of the molecule is C1=CNN(N2CC(c3ccco3)C(N3C=NCC3)(N3CCNC3)N2N2CCc3ccccc32)C1. The lowest BCUT2D eigenvalue weighted by Crippen LogP contribution is -2.75. The first-order valence-electron chi connectivity index (χ1n) is 12.2. The van der Waals surface area contributed by atoms with Gasteiger partial charge in [-0.05, 0) is 36.3 Å². The molecule has 2 saturated heterocycles. The van der Waals surface area contributed by atoms with Crippen molar-refractivity contribution >= 4 is 12.0 Å². The van der Waals surface area contributed by atoms with Gasteiger partial charge in [-0.2, -0.15) is 0 Å². The van der Waals surface area contributed by atoms with E-state index in [1.54, 1.807) is 6.26 Å². The normalized spacial score (nSPS) is 30.2. The van der Waals surface area contributed by atoms with Crippen LogP contribution in [-0.4, -0.2) is 89.8 Å². The van der Waals surface area contributed by atoms with Crippen LogP contribution in [0.25, 0.3) is 0 Å². The van der Waals surface area contributed by atoms with Gasteiger partial charge >= 0.3 is 0 Å². The third-order valence-electron chi connectivity index (χ3n) is 7.64. The molecule has 10 heteroatoms. The molecule has 5 aliphatic rings. The van der Waals surface area contributed by atoms with Gasteiger partial charge in [-0.15, -0.1) is 10.2 Å². The number of hydrogen-bond donors (Lipinski definition) is 2. The van der Waals surface area contributed by atoms with Crippen molar-refractivity contribution in [1.82, 2.24) is 35.9 Å². The van der Waals surface area contributed by atoms with E-state index in [9.17, 15) is 0 Å². The summed E-state index contributed by atoms with van der Waals surface area (Å²) in [5.41, 5.74) is 6.11. The summed E-state index contributed by atoms with van der Waals surface area (Å²) < 4.78 is 6.14. The first-order chi connectivity index (χ1) is 16.9. The zero-order valence-electron chi connectivity index (χ0n) is 19.3. The molecule has 2 unspecified atom stereocenters. The highest BCUT2D eigenvalue weighted by molar-refractivity contribution is 5.61. The molecule has 6 heterocycles. The van der Waals surface area contributed by atoms with Crippen LogP contribution in [0.5, 0.6) is 0 Å². The Morgan fingerprint density at radius 2 is 2.06 bits per heavy atom. The van der Waals surface area contributed by atoms with Crippen molar-refractivity contribution in [2.45, 2.75) is 18.1 Å². The van der Waals surface area contributed by atoms with E-state index in [0.29, 0.717) is 0 Å². The van der Waals surface area contributed by atoms with Crippen molar-refractivity contribution in [2.24, 2.45) is 4.99 Å². The number of benzene rings is 1. The summed E-state index contributed by atoms with van der Waals surface area (Å²) in [6.45, 7) is 6.92. The van der Waals surface area contributed by atoms with E-state index < -0.39 is 5.79 Å². The average Bonchev–Trinajstić information content (AvgIpc) is 3.71. The third-order valence-corrected chi connectivity index (χ3v) is 7.64. The molecule has 0 spiro atoms. The third kappa shape index (κ3) is 2.90. The van der Waals surface area contributed by atoms with Crippen molar-refractivity contribution in [1.29, 1.82) is 0 Å². The van der Waals surface area contributed by atoms with Gasteiger partial charge in [0.25, 0.3) is 0 Å². The van der Waals surface area contributed by atoms with Gasteiger partial charge in [0.1, 0.15) is 5.76 Å². The molecule has 7 rings (SSSR count). The fourth-order valence-electron chi connectivity index (χ4n) is 6.23. The molecule has 2 fully saturated rings. The lowest BCUT2D eigenvalue weighted by atomic mass is 9.96. The van der Waals surface area contributed by atoms with Crippen LogP contribution in [0, 0.1) is 0 Å². The van der Waals surface area contributed by atoms with E-state index in [-0.39, 0.29) is 5.92 Å². The zero-order chi connectivity index (χ0) is 22.5. The fourth-order valence-corrected chi connectivity index (χ4v) is 6.23. The zero-order valence-corrected chi connectivity index (χ0v) is 19.3. The highest BCUT2D eigenvalue weighted by Crippen LogP contribution is 2.49. The van der Waals surface area contributed by atoms with Gasteiger partial charge in [-0.1, -0.05) is 23.3 Å². The van der Waals surface area contributed by atoms with E-state index in [2.05, 4.69) is 88.6 Å². The molecule has 2 N–H and O–H groups in total. The Bertz CT molecular complexity index is 1070. The smallest absolute Gasteiger partial charge is 0.197 e. The summed E-state index contributed by atoms with van der Waals surface area (Å²) in [6.07, 6.45) is 9.07. The van der Waals surface area contributed by atoms with Crippen LogP contribution in [0.4, 0.5) is 5.69 Å². The molecule has 0 bridgehead atoms. The monoisotopic (exact) mass is 461 g/mol. The Labute approximate surface area is 199 Å². The molecule has 0 aliphatic carbocycles. The topological polar surface area (TPSA) is 69.0 Å². The van der Waals surface area contributed by atoms with Crippen molar-refractivity contribution < 1.29 is 4.42 Å². The quantitative estimate of drug-likeness (QED) is 0.678. The van der Waals surface area contributed by atoms with E-state index in [1.165, 1.54) is 11.3 Å². The molecule has 2 aromatic rings. The number of furan rings is 1. The summed E-state index contributed by atoms with van der Waals surface area (Å²) in [6, 6.07) is 12.9. The molecule has 0 saturated carbocycles.